The van der Waals surface area contributed by atoms with Crippen LogP contribution in [0.3, 0.4) is 0 Å². The molecule has 4 rings (SSSR count). The van der Waals surface area contributed by atoms with Crippen molar-refractivity contribution in [1.29, 1.82) is 0 Å². The quantitative estimate of drug-likeness (QED) is 0.191. The van der Waals surface area contributed by atoms with Crippen LogP contribution in [0, 0.1) is 5.41 Å². The molecule has 1 aliphatic rings. The lowest BCUT2D eigenvalue weighted by Crippen LogP contribution is -2.44. The molecule has 226 valence electrons. The van der Waals surface area contributed by atoms with Gasteiger partial charge in [-0.1, -0.05) is 60.7 Å². The molecule has 0 spiro atoms. The van der Waals surface area contributed by atoms with Crippen LogP contribution >= 0.6 is 0 Å². The van der Waals surface area contributed by atoms with Crippen LogP contribution in [0.15, 0.2) is 72.8 Å². The van der Waals surface area contributed by atoms with E-state index in [1.165, 1.54) is 0 Å². The smallest absolute Gasteiger partial charge is 0.407 e. The summed E-state index contributed by atoms with van der Waals surface area (Å²) >= 11 is 0. The minimum Gasteiger partial charge on any atom is -0.481 e. The Hall–Kier alpha value is -4.70. The van der Waals surface area contributed by atoms with E-state index in [0.717, 1.165) is 27.8 Å². The van der Waals surface area contributed by atoms with Gasteiger partial charge in [-0.3, -0.25) is 14.4 Å². The van der Waals surface area contributed by atoms with Gasteiger partial charge in [0.05, 0.1) is 5.41 Å². The van der Waals surface area contributed by atoms with Gasteiger partial charge in [0.25, 0.3) is 0 Å². The molecule has 0 saturated heterocycles. The van der Waals surface area contributed by atoms with Crippen molar-refractivity contribution >= 4 is 29.6 Å². The van der Waals surface area contributed by atoms with E-state index in [0.29, 0.717) is 18.5 Å². The van der Waals surface area contributed by atoms with Gasteiger partial charge >= 0.3 is 18.0 Å². The van der Waals surface area contributed by atoms with Crippen LogP contribution in [-0.4, -0.2) is 52.8 Å². The Labute approximate surface area is 250 Å². The maximum absolute atomic E-state index is 13.1. The summed E-state index contributed by atoms with van der Waals surface area (Å²) in [7, 11) is 0. The van der Waals surface area contributed by atoms with Crippen molar-refractivity contribution in [3.8, 4) is 11.1 Å². The molecule has 10 heteroatoms. The van der Waals surface area contributed by atoms with E-state index in [-0.39, 0.29) is 31.4 Å². The minimum absolute atomic E-state index is 0.0559. The zero-order valence-corrected chi connectivity index (χ0v) is 24.2. The second-order valence-corrected chi connectivity index (χ2v) is 11.5. The van der Waals surface area contributed by atoms with Crippen molar-refractivity contribution in [1.82, 2.24) is 5.32 Å². The molecule has 0 saturated carbocycles. The number of nitrogens with one attached hydrogen (secondary N) is 2. The molecule has 3 aromatic rings. The SMILES string of the molecule is CC(C)(C[C@@H](N)Cc1ccc(NC(=O)[C@H](CCC(=O)O)NC(=O)OCC2c3ccccc3-c3ccccc32)cc1)C(=O)O. The molecular weight excluding hydrogens is 550 g/mol. The molecule has 0 unspecified atom stereocenters. The number of aliphatic carboxylic acids is 2. The molecule has 3 aromatic carbocycles. The van der Waals surface area contributed by atoms with Gasteiger partial charge in [-0.15, -0.1) is 0 Å². The second-order valence-electron chi connectivity index (χ2n) is 11.5. The number of hydrogen-bond acceptors (Lipinski definition) is 6. The third-order valence-electron chi connectivity index (χ3n) is 7.67. The van der Waals surface area contributed by atoms with Crippen molar-refractivity contribution in [3.05, 3.63) is 89.5 Å². The van der Waals surface area contributed by atoms with Crippen LogP contribution in [0.5, 0.6) is 0 Å². The molecule has 0 radical (unpaired) electrons. The number of rotatable bonds is 13. The maximum atomic E-state index is 13.1. The van der Waals surface area contributed by atoms with E-state index >= 15 is 0 Å². The summed E-state index contributed by atoms with van der Waals surface area (Å²) in [4.78, 5) is 48.5. The first-order valence-corrected chi connectivity index (χ1v) is 14.2. The van der Waals surface area contributed by atoms with Gasteiger partial charge in [0, 0.05) is 24.1 Å². The lowest BCUT2D eigenvalue weighted by atomic mass is 9.84. The number of hydrogen-bond donors (Lipinski definition) is 5. The fraction of sp³-hybridized carbons (Fsp3) is 0.333. The zero-order valence-electron chi connectivity index (χ0n) is 24.2. The van der Waals surface area contributed by atoms with Crippen LogP contribution in [0.2, 0.25) is 0 Å². The number of carbonyl (C=O) groups is 4. The summed E-state index contributed by atoms with van der Waals surface area (Å²) in [6.07, 6.45) is -0.521. The van der Waals surface area contributed by atoms with Crippen molar-refractivity contribution in [2.75, 3.05) is 11.9 Å². The van der Waals surface area contributed by atoms with Gasteiger partial charge in [0.15, 0.2) is 0 Å². The summed E-state index contributed by atoms with van der Waals surface area (Å²) in [5, 5.41) is 23.8. The first kappa shape index (κ1) is 31.2. The second kappa shape index (κ2) is 13.5. The number of anilines is 1. The fourth-order valence-electron chi connectivity index (χ4n) is 5.39. The standard InChI is InChI=1S/C33H37N3O7/c1-33(2,31(40)41)18-21(34)17-20-11-13-22(14-12-20)35-30(39)28(15-16-29(37)38)36-32(42)43-19-27-25-9-5-3-7-23(25)24-8-4-6-10-26(24)27/h3-14,21,27-28H,15-19,34H2,1-2H3,(H,35,39)(H,36,42)(H,37,38)(H,40,41)/t21-,28-/m0/s1. The highest BCUT2D eigenvalue weighted by molar-refractivity contribution is 5.96. The van der Waals surface area contributed by atoms with Gasteiger partial charge in [-0.05, 0) is 73.1 Å². The summed E-state index contributed by atoms with van der Waals surface area (Å²) in [5.41, 5.74) is 10.8. The van der Waals surface area contributed by atoms with E-state index in [4.69, 9.17) is 10.5 Å². The first-order valence-electron chi connectivity index (χ1n) is 14.2. The number of carboxylic acid groups (broad SMARTS) is 2. The highest BCUT2D eigenvalue weighted by atomic mass is 16.5. The molecule has 0 aromatic heterocycles. The van der Waals surface area contributed by atoms with Crippen LogP contribution in [0.1, 0.15) is 55.7 Å². The Balaban J connectivity index is 1.36. The van der Waals surface area contributed by atoms with Crippen LogP contribution in [0.25, 0.3) is 11.1 Å². The normalized spacial score (nSPS) is 13.7. The van der Waals surface area contributed by atoms with E-state index < -0.39 is 35.4 Å². The highest BCUT2D eigenvalue weighted by Crippen LogP contribution is 2.44. The predicted molar refractivity (Wildman–Crippen MR) is 162 cm³/mol. The van der Waals surface area contributed by atoms with E-state index in [1.807, 2.05) is 48.5 Å². The van der Waals surface area contributed by atoms with Gasteiger partial charge in [-0.25, -0.2) is 4.79 Å². The fourth-order valence-corrected chi connectivity index (χ4v) is 5.39. The number of alkyl carbamates (subject to hydrolysis) is 1. The van der Waals surface area contributed by atoms with Gasteiger partial charge in [0.1, 0.15) is 12.6 Å². The number of carboxylic acids is 2. The molecule has 0 aliphatic heterocycles. The Morgan fingerprint density at radius 1 is 0.907 bits per heavy atom. The molecular formula is C33H37N3O7. The first-order chi connectivity index (χ1) is 20.4. The number of benzene rings is 3. The van der Waals surface area contributed by atoms with Crippen LogP contribution in [-0.2, 0) is 25.5 Å². The molecule has 1 aliphatic carbocycles. The van der Waals surface area contributed by atoms with Crippen molar-refractivity contribution in [2.45, 2.75) is 57.5 Å². The molecule has 0 fully saturated rings. The third kappa shape index (κ3) is 7.98. The van der Waals surface area contributed by atoms with Crippen molar-refractivity contribution < 1.29 is 34.1 Å². The van der Waals surface area contributed by atoms with E-state index in [9.17, 15) is 29.4 Å². The molecule has 2 amide bonds. The molecule has 0 heterocycles. The topological polar surface area (TPSA) is 168 Å². The average molecular weight is 588 g/mol. The van der Waals surface area contributed by atoms with E-state index in [2.05, 4.69) is 10.6 Å². The summed E-state index contributed by atoms with van der Waals surface area (Å²) in [6.45, 7) is 3.32. The summed E-state index contributed by atoms with van der Waals surface area (Å²) in [5.74, 6) is -2.75. The van der Waals surface area contributed by atoms with Gasteiger partial charge in [0.2, 0.25) is 5.91 Å². The minimum atomic E-state index is -1.14. The largest absolute Gasteiger partial charge is 0.481 e. The molecule has 43 heavy (non-hydrogen) atoms. The van der Waals surface area contributed by atoms with Crippen molar-refractivity contribution in [2.24, 2.45) is 11.1 Å². The number of carbonyl (C=O) groups excluding carboxylic acids is 2. The van der Waals surface area contributed by atoms with Gasteiger partial charge < -0.3 is 31.3 Å². The summed E-state index contributed by atoms with van der Waals surface area (Å²) < 4.78 is 5.55. The predicted octanol–water partition coefficient (Wildman–Crippen LogP) is 4.77. The monoisotopic (exact) mass is 587 g/mol. The van der Waals surface area contributed by atoms with E-state index in [1.54, 1.807) is 38.1 Å². The third-order valence-corrected chi connectivity index (χ3v) is 7.67. The number of ether oxygens (including phenoxy) is 1. The number of nitrogens with two attached hydrogens (primary N) is 1. The Morgan fingerprint density at radius 3 is 2.05 bits per heavy atom. The lowest BCUT2D eigenvalue weighted by Gasteiger charge is -2.23. The highest BCUT2D eigenvalue weighted by Gasteiger charge is 2.31. The zero-order chi connectivity index (χ0) is 31.1. The van der Waals surface area contributed by atoms with Crippen molar-refractivity contribution in [3.63, 3.8) is 0 Å². The molecule has 10 nitrogen and oxygen atoms in total. The lowest BCUT2D eigenvalue weighted by molar-refractivity contribution is -0.147. The molecule has 6 N–H and O–H groups in total. The maximum Gasteiger partial charge on any atom is 0.407 e. The Kier molecular flexibility index (Phi) is 9.82. The van der Waals surface area contributed by atoms with Crippen LogP contribution < -0.4 is 16.4 Å². The molecule has 0 bridgehead atoms. The number of fused-ring (bicyclic) bond motifs is 3. The average Bonchev–Trinajstić information content (AvgIpc) is 3.28. The van der Waals surface area contributed by atoms with Gasteiger partial charge in [-0.2, -0.15) is 0 Å². The summed E-state index contributed by atoms with van der Waals surface area (Å²) in [6, 6.07) is 21.2. The Bertz CT molecular complexity index is 1440. The molecule has 2 atom stereocenters. The number of amides is 2. The van der Waals surface area contributed by atoms with Crippen LogP contribution in [0.4, 0.5) is 10.5 Å². The Morgan fingerprint density at radius 2 is 1.49 bits per heavy atom.